The summed E-state index contributed by atoms with van der Waals surface area (Å²) in [5, 5.41) is 0. The molecule has 0 spiro atoms. The molecular formula is C22H27ClN4O2S2. The van der Waals surface area contributed by atoms with E-state index in [1.807, 2.05) is 13.0 Å². The van der Waals surface area contributed by atoms with Crippen LogP contribution in [-0.2, 0) is 23.0 Å². The predicted molar refractivity (Wildman–Crippen MR) is 126 cm³/mol. The second-order valence-electron chi connectivity index (χ2n) is 8.47. The van der Waals surface area contributed by atoms with Gasteiger partial charge in [0.25, 0.3) is 0 Å². The molecule has 0 aliphatic carbocycles. The molecule has 0 radical (unpaired) electrons. The Labute approximate surface area is 194 Å². The largest absolute Gasteiger partial charge is 0.298 e. The molecule has 1 atom stereocenters. The number of piperidine rings is 1. The molecule has 6 nitrogen and oxygen atoms in total. The van der Waals surface area contributed by atoms with E-state index in [4.69, 9.17) is 0 Å². The smallest absolute Gasteiger partial charge is 0.245 e. The second kappa shape index (κ2) is 9.11. The van der Waals surface area contributed by atoms with E-state index in [0.29, 0.717) is 34.9 Å². The van der Waals surface area contributed by atoms with Gasteiger partial charge in [-0.15, -0.1) is 12.4 Å². The Kier molecular flexibility index (Phi) is 6.65. The zero-order chi connectivity index (χ0) is 20.7. The topological polar surface area (TPSA) is 66.4 Å². The molecule has 3 aromatic rings. The number of nitrogens with zero attached hydrogens (tertiary/aromatic N) is 4. The highest BCUT2D eigenvalue weighted by molar-refractivity contribution is 7.89. The van der Waals surface area contributed by atoms with Crippen LogP contribution >= 0.6 is 24.1 Å². The fourth-order valence-corrected chi connectivity index (χ4v) is 7.14. The Morgan fingerprint density at radius 3 is 2.68 bits per heavy atom. The number of hydrogen-bond donors (Lipinski definition) is 0. The molecule has 0 amide bonds. The third-order valence-corrected chi connectivity index (χ3v) is 8.83. The standard InChI is InChI=1S/C22H26N4O2S2.ClH/c1-16-8-9-20(22-21(16)23-29-24-22)30(27,28)26-11-4-5-17(14-26)13-25-12-10-18-6-2-3-7-19(18)15-25;/h2-3,6-9,17H,4-5,10-15H2,1H3;1H. The van der Waals surface area contributed by atoms with Gasteiger partial charge < -0.3 is 0 Å². The van der Waals surface area contributed by atoms with E-state index in [1.54, 1.807) is 10.4 Å². The first kappa shape index (κ1) is 22.6. The zero-order valence-electron chi connectivity index (χ0n) is 17.5. The molecule has 31 heavy (non-hydrogen) atoms. The molecular weight excluding hydrogens is 452 g/mol. The van der Waals surface area contributed by atoms with Crippen molar-refractivity contribution in [1.82, 2.24) is 18.0 Å². The Morgan fingerprint density at radius 1 is 1.06 bits per heavy atom. The Balaban J connectivity index is 0.00000231. The first-order valence-electron chi connectivity index (χ1n) is 10.5. The van der Waals surface area contributed by atoms with Crippen LogP contribution in [0.2, 0.25) is 0 Å². The summed E-state index contributed by atoms with van der Waals surface area (Å²) in [6.07, 6.45) is 3.05. The van der Waals surface area contributed by atoms with Gasteiger partial charge in [0, 0.05) is 32.7 Å². The maximum absolute atomic E-state index is 13.5. The van der Waals surface area contributed by atoms with E-state index in [-0.39, 0.29) is 12.4 Å². The minimum Gasteiger partial charge on any atom is -0.298 e. The van der Waals surface area contributed by atoms with Gasteiger partial charge in [0.2, 0.25) is 10.0 Å². The molecule has 5 rings (SSSR count). The Bertz CT molecular complexity index is 1180. The van der Waals surface area contributed by atoms with E-state index < -0.39 is 10.0 Å². The highest BCUT2D eigenvalue weighted by Gasteiger charge is 2.33. The summed E-state index contributed by atoms with van der Waals surface area (Å²) < 4.78 is 37.2. The van der Waals surface area contributed by atoms with Crippen molar-refractivity contribution < 1.29 is 8.42 Å². The molecule has 9 heteroatoms. The molecule has 0 saturated carbocycles. The minimum atomic E-state index is -3.58. The molecule has 2 aliphatic rings. The summed E-state index contributed by atoms with van der Waals surface area (Å²) in [5.74, 6) is 0.355. The van der Waals surface area contributed by atoms with E-state index in [2.05, 4.69) is 37.9 Å². The number of hydrogen-bond acceptors (Lipinski definition) is 6. The van der Waals surface area contributed by atoms with E-state index >= 15 is 0 Å². The molecule has 1 saturated heterocycles. The third-order valence-electron chi connectivity index (χ3n) is 6.41. The van der Waals surface area contributed by atoms with E-state index in [1.165, 1.54) is 11.1 Å². The molecule has 2 aromatic carbocycles. The van der Waals surface area contributed by atoms with Crippen molar-refractivity contribution in [3.05, 3.63) is 53.1 Å². The lowest BCUT2D eigenvalue weighted by Gasteiger charge is -2.36. The van der Waals surface area contributed by atoms with Crippen LogP contribution in [-0.4, -0.2) is 52.5 Å². The third kappa shape index (κ3) is 4.36. The van der Waals surface area contributed by atoms with Crippen LogP contribution in [0.15, 0.2) is 41.3 Å². The molecule has 0 bridgehead atoms. The van der Waals surface area contributed by atoms with Gasteiger partial charge in [0.15, 0.2) is 0 Å². The zero-order valence-corrected chi connectivity index (χ0v) is 20.0. The van der Waals surface area contributed by atoms with Gasteiger partial charge in [-0.2, -0.15) is 13.1 Å². The van der Waals surface area contributed by atoms with Crippen molar-refractivity contribution in [2.45, 2.75) is 37.6 Å². The van der Waals surface area contributed by atoms with E-state index in [9.17, 15) is 8.42 Å². The second-order valence-corrected chi connectivity index (χ2v) is 10.9. The molecule has 166 valence electrons. The van der Waals surface area contributed by atoms with Gasteiger partial charge in [-0.1, -0.05) is 30.3 Å². The molecule has 2 aliphatic heterocycles. The van der Waals surface area contributed by atoms with Crippen LogP contribution in [0.3, 0.4) is 0 Å². The summed E-state index contributed by atoms with van der Waals surface area (Å²) in [6.45, 7) is 6.05. The van der Waals surface area contributed by atoms with Crippen LogP contribution in [0.5, 0.6) is 0 Å². The van der Waals surface area contributed by atoms with Crippen LogP contribution in [0, 0.1) is 12.8 Å². The van der Waals surface area contributed by atoms with Crippen LogP contribution < -0.4 is 0 Å². The van der Waals surface area contributed by atoms with Crippen molar-refractivity contribution in [2.24, 2.45) is 5.92 Å². The van der Waals surface area contributed by atoms with Crippen molar-refractivity contribution in [3.8, 4) is 0 Å². The number of aryl methyl sites for hydroxylation is 1. The number of sulfonamides is 1. The number of fused-ring (bicyclic) bond motifs is 2. The lowest BCUT2D eigenvalue weighted by Crippen LogP contribution is -2.44. The summed E-state index contributed by atoms with van der Waals surface area (Å²) in [5.41, 5.74) is 5.01. The van der Waals surface area contributed by atoms with E-state index in [0.717, 1.165) is 56.2 Å². The fourth-order valence-electron chi connectivity index (χ4n) is 4.78. The maximum atomic E-state index is 13.5. The SMILES string of the molecule is Cc1ccc(S(=O)(=O)N2CCCC(CN3CCc4ccccc4C3)C2)c2nsnc12.Cl. The van der Waals surface area contributed by atoms with Gasteiger partial charge in [-0.3, -0.25) is 4.90 Å². The van der Waals surface area contributed by atoms with Crippen molar-refractivity contribution in [2.75, 3.05) is 26.2 Å². The summed E-state index contributed by atoms with van der Waals surface area (Å²) >= 11 is 1.07. The fraction of sp³-hybridized carbons (Fsp3) is 0.455. The summed E-state index contributed by atoms with van der Waals surface area (Å²) in [7, 11) is -3.58. The molecule has 1 aromatic heterocycles. The molecule has 1 fully saturated rings. The summed E-state index contributed by atoms with van der Waals surface area (Å²) in [6, 6.07) is 12.2. The number of halogens is 1. The van der Waals surface area contributed by atoms with Crippen LogP contribution in [0.4, 0.5) is 0 Å². The maximum Gasteiger partial charge on any atom is 0.245 e. The molecule has 3 heterocycles. The monoisotopic (exact) mass is 478 g/mol. The minimum absolute atomic E-state index is 0. The average molecular weight is 479 g/mol. The van der Waals surface area contributed by atoms with Gasteiger partial charge in [-0.05, 0) is 54.9 Å². The van der Waals surface area contributed by atoms with Gasteiger partial charge in [-0.25, -0.2) is 8.42 Å². The average Bonchev–Trinajstić information content (AvgIpc) is 3.25. The van der Waals surface area contributed by atoms with Gasteiger partial charge in [0.1, 0.15) is 15.9 Å². The highest BCUT2D eigenvalue weighted by atomic mass is 35.5. The normalized spacial score (nSPS) is 20.4. The lowest BCUT2D eigenvalue weighted by atomic mass is 9.95. The van der Waals surface area contributed by atoms with Crippen molar-refractivity contribution in [3.63, 3.8) is 0 Å². The Hall–Kier alpha value is -1.58. The summed E-state index contributed by atoms with van der Waals surface area (Å²) in [4.78, 5) is 2.78. The first-order chi connectivity index (χ1) is 14.5. The predicted octanol–water partition coefficient (Wildman–Crippen LogP) is 3.88. The quantitative estimate of drug-likeness (QED) is 0.569. The lowest BCUT2D eigenvalue weighted by molar-refractivity contribution is 0.167. The van der Waals surface area contributed by atoms with Crippen molar-refractivity contribution in [1.29, 1.82) is 0 Å². The molecule has 0 N–H and O–H groups in total. The van der Waals surface area contributed by atoms with Crippen LogP contribution in [0.1, 0.15) is 29.5 Å². The number of rotatable bonds is 4. The highest BCUT2D eigenvalue weighted by Crippen LogP contribution is 2.30. The van der Waals surface area contributed by atoms with Crippen molar-refractivity contribution >= 4 is 45.2 Å². The Morgan fingerprint density at radius 2 is 1.84 bits per heavy atom. The molecule has 1 unspecified atom stereocenters. The first-order valence-corrected chi connectivity index (χ1v) is 12.7. The van der Waals surface area contributed by atoms with Gasteiger partial charge >= 0.3 is 0 Å². The number of aromatic nitrogens is 2. The van der Waals surface area contributed by atoms with Crippen LogP contribution in [0.25, 0.3) is 11.0 Å². The number of benzene rings is 2. The van der Waals surface area contributed by atoms with Gasteiger partial charge in [0.05, 0.1) is 11.7 Å².